The van der Waals surface area contributed by atoms with Gasteiger partial charge in [-0.15, -0.1) is 16.4 Å². The van der Waals surface area contributed by atoms with Gasteiger partial charge in [-0.1, -0.05) is 65.6 Å². The third-order valence-electron chi connectivity index (χ3n) is 7.33. The minimum Gasteiger partial charge on any atom is -0.489 e. The fourth-order valence-corrected chi connectivity index (χ4v) is 7.20. The van der Waals surface area contributed by atoms with Crippen LogP contribution in [0.15, 0.2) is 81.0 Å². The number of nitrogens with zero attached hydrogens (tertiary/aromatic N) is 5. The largest absolute Gasteiger partial charge is 0.489 e. The first kappa shape index (κ1) is 27.6. The molecule has 5 heterocycles. The number of likely N-dealkylation sites (tertiary alicyclic amines) is 1. The Hall–Kier alpha value is -4.20. The third kappa shape index (κ3) is 5.39. The summed E-state index contributed by atoms with van der Waals surface area (Å²) in [6.45, 7) is 0.875. The van der Waals surface area contributed by atoms with Crippen molar-refractivity contribution in [3.8, 4) is 17.3 Å². The number of carbonyl (C=O) groups excluding carboxylic acids is 2. The number of thioether (sulfide) groups is 1. The van der Waals surface area contributed by atoms with Crippen molar-refractivity contribution in [2.24, 2.45) is 0 Å². The van der Waals surface area contributed by atoms with Crippen LogP contribution in [-0.2, 0) is 4.79 Å². The van der Waals surface area contributed by atoms with Crippen LogP contribution in [0.1, 0.15) is 34.1 Å². The highest BCUT2D eigenvalue weighted by Gasteiger charge is 2.35. The molecule has 0 saturated carbocycles. The molecule has 2 aromatic carbocycles. The van der Waals surface area contributed by atoms with Crippen molar-refractivity contribution < 1.29 is 18.7 Å². The second-order valence-electron chi connectivity index (χ2n) is 9.96. The standard InChI is InChI=1S/C30H26N6O4S3/c1-41-30-34-36-20(16-31-29(36)43-30)27-33-25-21(11-5-12-22(25)40-27)39-17-19-10-6-14-35(19)28(38)24(18-8-3-2-4-9-18)32-26(37)23-13-7-15-42-23/h2-5,7-9,11-13,15-16,19,24H,6,10,14,17H2,1H3,(H,32,37)/t19-,24-/m1/s1. The molecule has 13 heteroatoms. The average Bonchev–Trinajstić information content (AvgIpc) is 3.86. The lowest BCUT2D eigenvalue weighted by Crippen LogP contribution is -2.46. The summed E-state index contributed by atoms with van der Waals surface area (Å²) in [4.78, 5) is 39.3. The monoisotopic (exact) mass is 630 g/mol. The minimum absolute atomic E-state index is 0.151. The molecule has 0 radical (unpaired) electrons. The molecule has 43 heavy (non-hydrogen) atoms. The Bertz CT molecular complexity index is 1900. The molecule has 218 valence electrons. The zero-order chi connectivity index (χ0) is 29.3. The summed E-state index contributed by atoms with van der Waals surface area (Å²) in [7, 11) is 0. The fourth-order valence-electron chi connectivity index (χ4n) is 5.25. The molecular weight excluding hydrogens is 605 g/mol. The van der Waals surface area contributed by atoms with E-state index >= 15 is 0 Å². The van der Waals surface area contributed by atoms with Crippen molar-refractivity contribution in [3.63, 3.8) is 0 Å². The summed E-state index contributed by atoms with van der Waals surface area (Å²) in [6.07, 6.45) is 5.32. The van der Waals surface area contributed by atoms with Crippen molar-refractivity contribution in [2.75, 3.05) is 19.4 Å². The molecule has 4 aromatic heterocycles. The van der Waals surface area contributed by atoms with Crippen LogP contribution in [0.2, 0.25) is 0 Å². The van der Waals surface area contributed by atoms with E-state index in [0.717, 1.165) is 27.7 Å². The van der Waals surface area contributed by atoms with E-state index in [1.807, 2.05) is 71.1 Å². The lowest BCUT2D eigenvalue weighted by atomic mass is 10.0. The molecule has 0 unspecified atom stereocenters. The Kier molecular flexibility index (Phi) is 7.59. The predicted molar refractivity (Wildman–Crippen MR) is 167 cm³/mol. The van der Waals surface area contributed by atoms with Crippen molar-refractivity contribution in [1.29, 1.82) is 0 Å². The van der Waals surface area contributed by atoms with Crippen LogP contribution in [0.5, 0.6) is 5.75 Å². The first-order valence-electron chi connectivity index (χ1n) is 13.7. The van der Waals surface area contributed by atoms with E-state index in [-0.39, 0.29) is 24.5 Å². The summed E-state index contributed by atoms with van der Waals surface area (Å²) >= 11 is 4.41. The number of rotatable bonds is 9. The topological polar surface area (TPSA) is 115 Å². The van der Waals surface area contributed by atoms with Gasteiger partial charge in [-0.05, 0) is 48.2 Å². The number of amides is 2. The lowest BCUT2D eigenvalue weighted by molar-refractivity contribution is -0.134. The van der Waals surface area contributed by atoms with E-state index in [0.29, 0.717) is 39.9 Å². The van der Waals surface area contributed by atoms with Crippen LogP contribution in [0, 0.1) is 0 Å². The van der Waals surface area contributed by atoms with Crippen LogP contribution in [0.4, 0.5) is 0 Å². The molecule has 1 saturated heterocycles. The van der Waals surface area contributed by atoms with Crippen molar-refractivity contribution >= 4 is 62.3 Å². The van der Waals surface area contributed by atoms with Gasteiger partial charge in [-0.25, -0.2) is 9.97 Å². The number of oxazole rings is 1. The van der Waals surface area contributed by atoms with Gasteiger partial charge in [0.1, 0.15) is 24.1 Å². The van der Waals surface area contributed by atoms with Crippen molar-refractivity contribution in [3.05, 3.63) is 82.7 Å². The Morgan fingerprint density at radius 3 is 2.86 bits per heavy atom. The van der Waals surface area contributed by atoms with Gasteiger partial charge in [0.05, 0.1) is 17.1 Å². The quantitative estimate of drug-likeness (QED) is 0.196. The summed E-state index contributed by atoms with van der Waals surface area (Å²) < 4.78 is 15.0. The maximum Gasteiger partial charge on any atom is 0.262 e. The highest BCUT2D eigenvalue weighted by atomic mass is 32.2. The molecule has 0 aliphatic carbocycles. The van der Waals surface area contributed by atoms with E-state index in [1.165, 1.54) is 22.7 Å². The summed E-state index contributed by atoms with van der Waals surface area (Å²) in [5.41, 5.74) is 2.58. The Morgan fingerprint density at radius 2 is 2.05 bits per heavy atom. The second-order valence-corrected chi connectivity index (χ2v) is 12.9. The number of para-hydroxylation sites is 1. The number of hydrogen-bond acceptors (Lipinski definition) is 10. The molecule has 2 atom stereocenters. The highest BCUT2D eigenvalue weighted by Crippen LogP contribution is 2.33. The molecule has 1 N–H and O–H groups in total. The molecule has 1 fully saturated rings. The first-order chi connectivity index (χ1) is 21.1. The van der Waals surface area contributed by atoms with Gasteiger partial charge in [0, 0.05) is 6.54 Å². The summed E-state index contributed by atoms with van der Waals surface area (Å²) in [5, 5.41) is 9.40. The summed E-state index contributed by atoms with van der Waals surface area (Å²) in [5.74, 6) is 0.555. The SMILES string of the molecule is CSc1nn2c(-c3nc4c(OC[C@H]5CCCN5C(=O)[C@H](NC(=O)c5cccs5)c5ccccc5)cccc4o3)cnc2s1. The molecule has 7 rings (SSSR count). The Morgan fingerprint density at radius 1 is 1.16 bits per heavy atom. The van der Waals surface area contributed by atoms with Gasteiger partial charge in [0.25, 0.3) is 5.91 Å². The zero-order valence-electron chi connectivity index (χ0n) is 23.0. The molecule has 1 aliphatic heterocycles. The number of hydrogen-bond donors (Lipinski definition) is 1. The number of nitrogens with one attached hydrogen (secondary N) is 1. The molecule has 10 nitrogen and oxygen atoms in total. The van der Waals surface area contributed by atoms with Crippen LogP contribution in [-0.4, -0.2) is 61.7 Å². The number of fused-ring (bicyclic) bond motifs is 2. The average molecular weight is 631 g/mol. The lowest BCUT2D eigenvalue weighted by Gasteiger charge is -2.29. The van der Waals surface area contributed by atoms with Crippen LogP contribution in [0.25, 0.3) is 27.6 Å². The molecule has 0 bridgehead atoms. The maximum absolute atomic E-state index is 14.0. The molecule has 2 amide bonds. The Labute approximate surface area is 258 Å². The summed E-state index contributed by atoms with van der Waals surface area (Å²) in [6, 6.07) is 17.5. The molecule has 6 aromatic rings. The molecule has 0 spiro atoms. The molecule has 1 aliphatic rings. The number of aromatic nitrogens is 4. The van der Waals surface area contributed by atoms with Gasteiger partial charge in [-0.3, -0.25) is 9.59 Å². The van der Waals surface area contributed by atoms with E-state index in [4.69, 9.17) is 14.1 Å². The van der Waals surface area contributed by atoms with Gasteiger partial charge in [0.15, 0.2) is 15.4 Å². The van der Waals surface area contributed by atoms with E-state index in [9.17, 15) is 9.59 Å². The number of imidazole rings is 1. The van der Waals surface area contributed by atoms with Gasteiger partial charge in [-0.2, -0.15) is 4.52 Å². The van der Waals surface area contributed by atoms with Crippen molar-refractivity contribution in [2.45, 2.75) is 29.3 Å². The van der Waals surface area contributed by atoms with E-state index in [2.05, 4.69) is 15.4 Å². The fraction of sp³-hybridized carbons (Fsp3) is 0.233. The number of thiophene rings is 1. The van der Waals surface area contributed by atoms with Gasteiger partial charge >= 0.3 is 0 Å². The van der Waals surface area contributed by atoms with E-state index < -0.39 is 6.04 Å². The van der Waals surface area contributed by atoms with Gasteiger partial charge in [0.2, 0.25) is 16.8 Å². The smallest absolute Gasteiger partial charge is 0.262 e. The van der Waals surface area contributed by atoms with E-state index in [1.54, 1.807) is 28.5 Å². The first-order valence-corrected chi connectivity index (χ1v) is 16.6. The van der Waals surface area contributed by atoms with Crippen LogP contribution in [0.3, 0.4) is 0 Å². The normalized spacial score (nSPS) is 15.7. The second kappa shape index (κ2) is 11.8. The number of carbonyl (C=O) groups is 2. The molecular formula is C30H26N6O4S3. The number of benzene rings is 2. The predicted octanol–water partition coefficient (Wildman–Crippen LogP) is 5.92. The van der Waals surface area contributed by atoms with Crippen LogP contribution < -0.4 is 10.1 Å². The Balaban J connectivity index is 1.11. The highest BCUT2D eigenvalue weighted by molar-refractivity contribution is 8.00. The minimum atomic E-state index is -0.803. The number of ether oxygens (including phenoxy) is 1. The maximum atomic E-state index is 14.0. The van der Waals surface area contributed by atoms with Crippen LogP contribution >= 0.6 is 34.4 Å². The zero-order valence-corrected chi connectivity index (χ0v) is 25.5. The third-order valence-corrected chi connectivity index (χ3v) is 10.1. The van der Waals surface area contributed by atoms with Crippen molar-refractivity contribution in [1.82, 2.24) is 29.8 Å². The van der Waals surface area contributed by atoms with Gasteiger partial charge < -0.3 is 19.4 Å².